The van der Waals surface area contributed by atoms with E-state index in [1.165, 1.54) is 23.5 Å². The Morgan fingerprint density at radius 3 is 2.68 bits per heavy atom. The van der Waals surface area contributed by atoms with Crippen molar-refractivity contribution in [3.63, 3.8) is 0 Å². The Kier molecular flexibility index (Phi) is 6.56. The van der Waals surface area contributed by atoms with Gasteiger partial charge < -0.3 is 14.8 Å². The Hall–Kier alpha value is -2.13. The van der Waals surface area contributed by atoms with E-state index in [1.807, 2.05) is 0 Å². The number of amides is 1. The minimum atomic E-state index is -3.63. The second-order valence-corrected chi connectivity index (χ2v) is 8.60. The smallest absolute Gasteiger partial charge is 0.243 e. The molecule has 2 aromatic carbocycles. The summed E-state index contributed by atoms with van der Waals surface area (Å²) in [6.07, 6.45) is 0.0458. The number of methoxy groups -OCH3 is 1. The lowest BCUT2D eigenvalue weighted by Crippen LogP contribution is -2.40. The van der Waals surface area contributed by atoms with Gasteiger partial charge in [0.1, 0.15) is 5.75 Å². The van der Waals surface area contributed by atoms with Gasteiger partial charge in [0.2, 0.25) is 15.9 Å². The summed E-state index contributed by atoms with van der Waals surface area (Å²) in [5.74, 6) is 0.254. The largest absolute Gasteiger partial charge is 0.496 e. The zero-order valence-corrected chi connectivity index (χ0v) is 16.9. The third-order valence-corrected chi connectivity index (χ3v) is 6.45. The average molecular weight is 425 g/mol. The van der Waals surface area contributed by atoms with Crippen LogP contribution in [-0.4, -0.2) is 52.0 Å². The fourth-order valence-electron chi connectivity index (χ4n) is 2.93. The molecule has 0 aromatic heterocycles. The van der Waals surface area contributed by atoms with Crippen LogP contribution in [0.4, 0.5) is 5.69 Å². The minimum Gasteiger partial charge on any atom is -0.496 e. The van der Waals surface area contributed by atoms with Crippen molar-refractivity contribution in [2.45, 2.75) is 11.3 Å². The number of sulfonamides is 1. The zero-order chi connectivity index (χ0) is 20.1. The topological polar surface area (TPSA) is 84.9 Å². The summed E-state index contributed by atoms with van der Waals surface area (Å²) >= 11 is 5.99. The minimum absolute atomic E-state index is 0.0458. The number of anilines is 1. The predicted octanol–water partition coefficient (Wildman–Crippen LogP) is 2.55. The quantitative estimate of drug-likeness (QED) is 0.770. The maximum absolute atomic E-state index is 12.8. The summed E-state index contributed by atoms with van der Waals surface area (Å²) in [5.41, 5.74) is 1.05. The van der Waals surface area contributed by atoms with E-state index in [2.05, 4.69) is 5.32 Å². The van der Waals surface area contributed by atoms with Crippen molar-refractivity contribution in [1.82, 2.24) is 4.31 Å². The molecule has 1 aliphatic heterocycles. The van der Waals surface area contributed by atoms with Crippen molar-refractivity contribution in [2.75, 3.05) is 38.7 Å². The van der Waals surface area contributed by atoms with Crippen molar-refractivity contribution >= 4 is 33.2 Å². The number of nitrogens with one attached hydrogen (secondary N) is 1. The molecule has 1 fully saturated rings. The highest BCUT2D eigenvalue weighted by molar-refractivity contribution is 7.89. The van der Waals surface area contributed by atoms with Crippen LogP contribution in [0.3, 0.4) is 0 Å². The molecule has 1 amide bonds. The van der Waals surface area contributed by atoms with Gasteiger partial charge in [-0.05, 0) is 36.4 Å². The van der Waals surface area contributed by atoms with Crippen molar-refractivity contribution in [3.8, 4) is 5.75 Å². The SMILES string of the molecule is COc1ccc(Cl)cc1CC(=O)Nc1cccc(S(=O)(=O)N2CCOCC2)c1. The van der Waals surface area contributed by atoms with Crippen LogP contribution in [0.15, 0.2) is 47.4 Å². The second-order valence-electron chi connectivity index (χ2n) is 6.23. The number of carbonyl (C=O) groups is 1. The molecule has 0 saturated carbocycles. The van der Waals surface area contributed by atoms with Crippen LogP contribution < -0.4 is 10.1 Å². The van der Waals surface area contributed by atoms with E-state index in [0.717, 1.165) is 0 Å². The Balaban J connectivity index is 1.74. The first-order valence-corrected chi connectivity index (χ1v) is 10.5. The Morgan fingerprint density at radius 2 is 1.96 bits per heavy atom. The summed E-state index contributed by atoms with van der Waals surface area (Å²) in [6.45, 7) is 1.37. The number of ether oxygens (including phenoxy) is 2. The lowest BCUT2D eigenvalue weighted by Gasteiger charge is -2.26. The van der Waals surface area contributed by atoms with Gasteiger partial charge in [-0.2, -0.15) is 4.31 Å². The molecule has 9 heteroatoms. The first-order valence-electron chi connectivity index (χ1n) is 8.70. The van der Waals surface area contributed by atoms with E-state index in [9.17, 15) is 13.2 Å². The number of hydrogen-bond acceptors (Lipinski definition) is 5. The molecule has 0 aliphatic carbocycles. The van der Waals surface area contributed by atoms with E-state index >= 15 is 0 Å². The van der Waals surface area contributed by atoms with Gasteiger partial charge in [0.05, 0.1) is 31.6 Å². The summed E-state index contributed by atoms with van der Waals surface area (Å²) < 4.78 is 37.4. The Morgan fingerprint density at radius 1 is 1.21 bits per heavy atom. The molecule has 0 bridgehead atoms. The summed E-state index contributed by atoms with van der Waals surface area (Å²) in [5, 5.41) is 3.23. The van der Waals surface area contributed by atoms with Crippen molar-refractivity contribution in [2.24, 2.45) is 0 Å². The molecule has 0 unspecified atom stereocenters. The average Bonchev–Trinajstić information content (AvgIpc) is 2.69. The van der Waals surface area contributed by atoms with Crippen LogP contribution in [0, 0.1) is 0 Å². The lowest BCUT2D eigenvalue weighted by molar-refractivity contribution is -0.115. The highest BCUT2D eigenvalue weighted by Gasteiger charge is 2.26. The van der Waals surface area contributed by atoms with Gasteiger partial charge in [0.15, 0.2) is 0 Å². The normalized spacial score (nSPS) is 15.2. The van der Waals surface area contributed by atoms with Gasteiger partial charge in [-0.25, -0.2) is 8.42 Å². The van der Waals surface area contributed by atoms with E-state index < -0.39 is 10.0 Å². The van der Waals surface area contributed by atoms with Crippen molar-refractivity contribution in [1.29, 1.82) is 0 Å². The fraction of sp³-hybridized carbons (Fsp3) is 0.316. The Labute approximate surface area is 169 Å². The molecule has 1 aliphatic rings. The molecule has 1 heterocycles. The predicted molar refractivity (Wildman–Crippen MR) is 106 cm³/mol. The molecular weight excluding hydrogens is 404 g/mol. The maximum Gasteiger partial charge on any atom is 0.243 e. The fourth-order valence-corrected chi connectivity index (χ4v) is 4.58. The van der Waals surface area contributed by atoms with E-state index in [1.54, 1.807) is 30.3 Å². The summed E-state index contributed by atoms with van der Waals surface area (Å²) in [4.78, 5) is 12.6. The van der Waals surface area contributed by atoms with Crippen LogP contribution >= 0.6 is 11.6 Å². The molecule has 150 valence electrons. The molecule has 0 spiro atoms. The van der Waals surface area contributed by atoms with Crippen molar-refractivity contribution in [3.05, 3.63) is 53.1 Å². The number of halogens is 1. The Bertz CT molecular complexity index is 959. The number of hydrogen-bond donors (Lipinski definition) is 1. The standard InChI is InChI=1S/C19H21ClN2O5S/c1-26-18-6-5-15(20)11-14(18)12-19(23)21-16-3-2-4-17(13-16)28(24,25)22-7-9-27-10-8-22/h2-6,11,13H,7-10,12H2,1H3,(H,21,23). The molecule has 1 saturated heterocycles. The number of nitrogens with zero attached hydrogens (tertiary/aromatic N) is 1. The number of morpholine rings is 1. The highest BCUT2D eigenvalue weighted by Crippen LogP contribution is 2.24. The molecule has 7 nitrogen and oxygen atoms in total. The van der Waals surface area contributed by atoms with Gasteiger partial charge >= 0.3 is 0 Å². The third-order valence-electron chi connectivity index (χ3n) is 4.32. The van der Waals surface area contributed by atoms with Crippen LogP contribution in [0.2, 0.25) is 5.02 Å². The van der Waals surface area contributed by atoms with Gasteiger partial charge in [-0.15, -0.1) is 0 Å². The van der Waals surface area contributed by atoms with Crippen molar-refractivity contribution < 1.29 is 22.7 Å². The summed E-state index contributed by atoms with van der Waals surface area (Å²) in [7, 11) is -2.11. The third kappa shape index (κ3) is 4.82. The number of carbonyl (C=O) groups excluding carboxylic acids is 1. The number of rotatable bonds is 6. The van der Waals surface area contributed by atoms with Crippen LogP contribution in [0.5, 0.6) is 5.75 Å². The molecule has 28 heavy (non-hydrogen) atoms. The molecule has 2 aromatic rings. The highest BCUT2D eigenvalue weighted by atomic mass is 35.5. The van der Waals surface area contributed by atoms with Crippen LogP contribution in [0.25, 0.3) is 0 Å². The van der Waals surface area contributed by atoms with Crippen LogP contribution in [0.1, 0.15) is 5.56 Å². The van der Waals surface area contributed by atoms with E-state index in [0.29, 0.717) is 48.3 Å². The van der Waals surface area contributed by atoms with Gasteiger partial charge in [-0.1, -0.05) is 17.7 Å². The van der Waals surface area contributed by atoms with E-state index in [4.69, 9.17) is 21.1 Å². The molecule has 1 N–H and O–H groups in total. The first-order chi connectivity index (χ1) is 13.4. The molecular formula is C19H21ClN2O5S. The second kappa shape index (κ2) is 8.91. The van der Waals surface area contributed by atoms with Gasteiger partial charge in [0.25, 0.3) is 0 Å². The zero-order valence-electron chi connectivity index (χ0n) is 15.4. The van der Waals surface area contributed by atoms with Crippen LogP contribution in [-0.2, 0) is 26.0 Å². The molecule has 0 radical (unpaired) electrons. The van der Waals surface area contributed by atoms with Gasteiger partial charge in [-0.3, -0.25) is 4.79 Å². The van der Waals surface area contributed by atoms with Gasteiger partial charge in [0, 0.05) is 29.4 Å². The molecule has 3 rings (SSSR count). The molecule has 0 atom stereocenters. The lowest BCUT2D eigenvalue weighted by atomic mass is 10.1. The maximum atomic E-state index is 12.8. The monoisotopic (exact) mass is 424 g/mol. The first kappa shape index (κ1) is 20.6. The number of benzene rings is 2. The van der Waals surface area contributed by atoms with E-state index in [-0.39, 0.29) is 17.2 Å². The summed E-state index contributed by atoms with van der Waals surface area (Å²) in [6, 6.07) is 11.3.